The summed E-state index contributed by atoms with van der Waals surface area (Å²) >= 11 is 4.54. The maximum absolute atomic E-state index is 11.2. The van der Waals surface area contributed by atoms with Crippen molar-refractivity contribution in [1.82, 2.24) is 0 Å². The zero-order valence-electron chi connectivity index (χ0n) is 19.5. The van der Waals surface area contributed by atoms with E-state index in [2.05, 4.69) is 45.2 Å². The first-order chi connectivity index (χ1) is 16.0. The molecule has 2 aliphatic carbocycles. The smallest absolute Gasteiger partial charge is 0.164 e. The van der Waals surface area contributed by atoms with Crippen molar-refractivity contribution in [2.24, 2.45) is 0 Å². The van der Waals surface area contributed by atoms with Gasteiger partial charge in [-0.3, -0.25) is 0 Å². The summed E-state index contributed by atoms with van der Waals surface area (Å²) < 4.78 is 39.4. The van der Waals surface area contributed by atoms with Gasteiger partial charge < -0.3 is 33.5 Å². The molecule has 7 nitrogen and oxygen atoms in total. The average Bonchev–Trinajstić information content (AvgIpc) is 3.29. The van der Waals surface area contributed by atoms with E-state index in [1.54, 1.807) is 0 Å². The van der Waals surface area contributed by atoms with Gasteiger partial charge in [-0.05, 0) is 90.6 Å². The summed E-state index contributed by atoms with van der Waals surface area (Å²) in [6.07, 6.45) is 0.178. The molecule has 0 radical (unpaired) electrons. The molecule has 2 heterocycles. The molecule has 0 bridgehead atoms. The Kier molecular flexibility index (Phi) is 7.24. The van der Waals surface area contributed by atoms with E-state index in [0.29, 0.717) is 6.61 Å². The maximum Gasteiger partial charge on any atom is 0.164 e. The molecule has 1 aromatic rings. The molecule has 2 fully saturated rings. The normalized spacial score (nSPS) is 40.3. The van der Waals surface area contributed by atoms with Gasteiger partial charge >= 0.3 is 0 Å². The van der Waals surface area contributed by atoms with E-state index in [1.165, 1.54) is 0 Å². The zero-order chi connectivity index (χ0) is 24.3. The van der Waals surface area contributed by atoms with Crippen molar-refractivity contribution in [3.05, 3.63) is 55.2 Å². The summed E-state index contributed by atoms with van der Waals surface area (Å²) in [7, 11) is 0. The number of rotatable bonds is 5. The SMILES string of the molecule is CC1(C)OC2C(I)=CC(O[C@@H]3C(OCc4ccccc4)C=C(I)C4OC(C)(C)OC43)[C@@H](O)C2O1. The number of aliphatic hydroxyl groups is 1. The van der Waals surface area contributed by atoms with Crippen LogP contribution in [0.5, 0.6) is 0 Å². The van der Waals surface area contributed by atoms with Crippen LogP contribution >= 0.6 is 45.2 Å². The standard InChI is InChI=1S/C25H30I2O7/c1-24(2)31-19-14(26)10-16(18(28)22(19)33-24)30-21-17(29-12-13-8-6-5-7-9-13)11-15(27)20-23(21)34-25(3,4)32-20/h5-11,16-23,28H,12H2,1-4H3/t16?,17?,18-,19?,20?,21-,22?,23?/m1/s1. The number of aliphatic hydroxyl groups excluding tert-OH is 1. The topological polar surface area (TPSA) is 75.6 Å². The third kappa shape index (κ3) is 5.14. The number of ether oxygens (including phenoxy) is 6. The third-order valence-electron chi connectivity index (χ3n) is 6.37. The second kappa shape index (κ2) is 9.64. The first kappa shape index (κ1) is 25.5. The van der Waals surface area contributed by atoms with Crippen molar-refractivity contribution in [1.29, 1.82) is 0 Å². The molecule has 0 amide bonds. The van der Waals surface area contributed by atoms with Crippen LogP contribution in [0, 0.1) is 0 Å². The summed E-state index contributed by atoms with van der Waals surface area (Å²) in [5.41, 5.74) is 1.07. The van der Waals surface area contributed by atoms with Gasteiger partial charge in [0.2, 0.25) is 0 Å². The fourth-order valence-electron chi connectivity index (χ4n) is 4.93. The maximum atomic E-state index is 11.2. The lowest BCUT2D eigenvalue weighted by molar-refractivity contribution is -0.197. The predicted molar refractivity (Wildman–Crippen MR) is 142 cm³/mol. The number of hydrogen-bond donors (Lipinski definition) is 1. The lowest BCUT2D eigenvalue weighted by Crippen LogP contribution is -2.54. The van der Waals surface area contributed by atoms with Crippen molar-refractivity contribution in [3.8, 4) is 0 Å². The molecule has 1 aromatic carbocycles. The molecule has 0 saturated carbocycles. The molecule has 4 aliphatic rings. The first-order valence-corrected chi connectivity index (χ1v) is 13.6. The summed E-state index contributed by atoms with van der Waals surface area (Å²) in [4.78, 5) is 0. The molecule has 34 heavy (non-hydrogen) atoms. The minimum absolute atomic E-state index is 0.251. The van der Waals surface area contributed by atoms with Crippen LogP contribution in [0.1, 0.15) is 33.3 Å². The van der Waals surface area contributed by atoms with Crippen LogP contribution in [0.4, 0.5) is 0 Å². The quantitative estimate of drug-likeness (QED) is 0.459. The highest BCUT2D eigenvalue weighted by atomic mass is 127. The van der Waals surface area contributed by atoms with Gasteiger partial charge in [-0.1, -0.05) is 30.3 Å². The minimum Gasteiger partial charge on any atom is -0.387 e. The Bertz CT molecular complexity index is 963. The number of fused-ring (bicyclic) bond motifs is 2. The number of hydrogen-bond acceptors (Lipinski definition) is 7. The van der Waals surface area contributed by atoms with Gasteiger partial charge in [-0.15, -0.1) is 0 Å². The average molecular weight is 696 g/mol. The highest BCUT2D eigenvalue weighted by Gasteiger charge is 2.55. The molecule has 1 N–H and O–H groups in total. The molecule has 5 rings (SSSR count). The fourth-order valence-corrected chi connectivity index (χ4v) is 6.60. The molecule has 2 saturated heterocycles. The Morgan fingerprint density at radius 3 is 2.03 bits per heavy atom. The van der Waals surface area contributed by atoms with Crippen molar-refractivity contribution in [3.63, 3.8) is 0 Å². The van der Waals surface area contributed by atoms with E-state index in [4.69, 9.17) is 28.4 Å². The van der Waals surface area contributed by atoms with E-state index in [1.807, 2.05) is 70.2 Å². The molecular formula is C25H30I2O7. The van der Waals surface area contributed by atoms with Crippen molar-refractivity contribution in [2.75, 3.05) is 0 Å². The predicted octanol–water partition coefficient (Wildman–Crippen LogP) is 4.39. The first-order valence-electron chi connectivity index (χ1n) is 11.5. The van der Waals surface area contributed by atoms with Gasteiger partial charge in [0.15, 0.2) is 11.6 Å². The molecule has 2 aliphatic heterocycles. The van der Waals surface area contributed by atoms with Gasteiger partial charge in [0.25, 0.3) is 0 Å². The Balaban J connectivity index is 1.40. The van der Waals surface area contributed by atoms with Crippen LogP contribution in [0.15, 0.2) is 49.6 Å². The Labute approximate surface area is 227 Å². The van der Waals surface area contributed by atoms with Crippen LogP contribution in [-0.2, 0) is 35.0 Å². The summed E-state index contributed by atoms with van der Waals surface area (Å²) in [5.74, 6) is -1.51. The second-order valence-electron chi connectivity index (χ2n) is 9.96. The van der Waals surface area contributed by atoms with Gasteiger partial charge in [0, 0.05) is 7.16 Å². The van der Waals surface area contributed by atoms with E-state index in [-0.39, 0.29) is 24.4 Å². The lowest BCUT2D eigenvalue weighted by atomic mass is 9.93. The largest absolute Gasteiger partial charge is 0.387 e. The van der Waals surface area contributed by atoms with Crippen molar-refractivity contribution in [2.45, 2.75) is 94.7 Å². The molecule has 6 unspecified atom stereocenters. The van der Waals surface area contributed by atoms with E-state index < -0.39 is 36.0 Å². The summed E-state index contributed by atoms with van der Waals surface area (Å²) in [5, 5.41) is 11.2. The van der Waals surface area contributed by atoms with Crippen LogP contribution in [0.25, 0.3) is 0 Å². The number of halogens is 2. The molecule has 9 heteroatoms. The zero-order valence-corrected chi connectivity index (χ0v) is 23.8. The van der Waals surface area contributed by atoms with E-state index in [9.17, 15) is 5.11 Å². The molecule has 186 valence electrons. The minimum atomic E-state index is -0.890. The van der Waals surface area contributed by atoms with E-state index >= 15 is 0 Å². The Morgan fingerprint density at radius 1 is 0.824 bits per heavy atom. The summed E-state index contributed by atoms with van der Waals surface area (Å²) in [6, 6.07) is 10.0. The fraction of sp³-hybridized carbons (Fsp3) is 0.600. The Morgan fingerprint density at radius 2 is 1.38 bits per heavy atom. The van der Waals surface area contributed by atoms with Crippen molar-refractivity contribution < 1.29 is 33.5 Å². The Hall–Kier alpha value is -0.120. The third-order valence-corrected chi connectivity index (χ3v) is 8.32. The van der Waals surface area contributed by atoms with E-state index in [0.717, 1.165) is 12.7 Å². The summed E-state index contributed by atoms with van der Waals surface area (Å²) in [6.45, 7) is 7.95. The van der Waals surface area contributed by atoms with Gasteiger partial charge in [0.1, 0.15) is 48.8 Å². The van der Waals surface area contributed by atoms with Gasteiger partial charge in [0.05, 0.1) is 6.61 Å². The van der Waals surface area contributed by atoms with Crippen molar-refractivity contribution >= 4 is 45.2 Å². The lowest BCUT2D eigenvalue weighted by Gasteiger charge is -2.40. The molecular weight excluding hydrogens is 666 g/mol. The second-order valence-corrected chi connectivity index (χ2v) is 12.5. The monoisotopic (exact) mass is 696 g/mol. The van der Waals surface area contributed by atoms with Crippen LogP contribution in [0.2, 0.25) is 0 Å². The van der Waals surface area contributed by atoms with Crippen LogP contribution < -0.4 is 0 Å². The molecule has 0 aromatic heterocycles. The molecule has 0 spiro atoms. The van der Waals surface area contributed by atoms with Gasteiger partial charge in [-0.25, -0.2) is 0 Å². The molecule has 8 atom stereocenters. The van der Waals surface area contributed by atoms with Crippen LogP contribution in [-0.4, -0.2) is 65.5 Å². The highest BCUT2D eigenvalue weighted by molar-refractivity contribution is 14.1. The van der Waals surface area contributed by atoms with Gasteiger partial charge in [-0.2, -0.15) is 0 Å². The number of benzene rings is 1. The highest BCUT2D eigenvalue weighted by Crippen LogP contribution is 2.44. The van der Waals surface area contributed by atoms with Crippen LogP contribution in [0.3, 0.4) is 0 Å².